The number of hydrogen-bond donors (Lipinski definition) is 0. The minimum Gasteiger partial charge on any atom is -0.384 e. The number of rotatable bonds is 4. The quantitative estimate of drug-likeness (QED) is 0.782. The van der Waals surface area contributed by atoms with Gasteiger partial charge in [0.25, 0.3) is 0 Å². The molecule has 1 nitrogen and oxygen atoms in total. The minimum absolute atomic E-state index is 0.381. The summed E-state index contributed by atoms with van der Waals surface area (Å²) in [5, 5.41) is 1.80. The normalized spacial score (nSPS) is 12.9. The molecular weight excluding hydrogens is 254 g/mol. The van der Waals surface area contributed by atoms with Crippen LogP contribution in [-0.2, 0) is 11.2 Å². The van der Waals surface area contributed by atoms with Crippen molar-refractivity contribution in [3.8, 4) is 0 Å². The van der Waals surface area contributed by atoms with Crippen molar-refractivity contribution >= 4 is 34.8 Å². The smallest absolute Gasteiger partial charge is 0.0491 e. The lowest BCUT2D eigenvalue weighted by molar-refractivity contribution is 0.159. The largest absolute Gasteiger partial charge is 0.384 e. The molecule has 1 aromatic carbocycles. The van der Waals surface area contributed by atoms with Crippen LogP contribution >= 0.6 is 34.8 Å². The summed E-state index contributed by atoms with van der Waals surface area (Å²) in [6, 6.07) is 3.42. The average Bonchev–Trinajstić information content (AvgIpc) is 2.11. The highest BCUT2D eigenvalue weighted by atomic mass is 35.5. The van der Waals surface area contributed by atoms with E-state index < -0.39 is 0 Å². The maximum Gasteiger partial charge on any atom is 0.0491 e. The van der Waals surface area contributed by atoms with E-state index in [9.17, 15) is 0 Å². The molecule has 0 radical (unpaired) electrons. The van der Waals surface area contributed by atoms with Crippen molar-refractivity contribution in [1.82, 2.24) is 0 Å². The van der Waals surface area contributed by atoms with Crippen molar-refractivity contribution in [2.45, 2.75) is 13.3 Å². The minimum atomic E-state index is 0.381. The van der Waals surface area contributed by atoms with Gasteiger partial charge in [0.05, 0.1) is 0 Å². The zero-order valence-corrected chi connectivity index (χ0v) is 11.0. The van der Waals surface area contributed by atoms with Crippen molar-refractivity contribution in [3.05, 3.63) is 32.8 Å². The molecular formula is C11H13Cl3O. The van der Waals surface area contributed by atoms with Crippen LogP contribution in [0.3, 0.4) is 0 Å². The topological polar surface area (TPSA) is 9.23 Å². The molecule has 0 aliphatic heterocycles. The van der Waals surface area contributed by atoms with Gasteiger partial charge in [-0.1, -0.05) is 41.7 Å². The Balaban J connectivity index is 2.85. The van der Waals surface area contributed by atoms with Gasteiger partial charge in [-0.15, -0.1) is 0 Å². The van der Waals surface area contributed by atoms with E-state index in [4.69, 9.17) is 39.5 Å². The SMILES string of the molecule is COC[C@@H](C)Cc1c(Cl)cc(Cl)cc1Cl. The van der Waals surface area contributed by atoms with Gasteiger partial charge in [0.2, 0.25) is 0 Å². The van der Waals surface area contributed by atoms with E-state index >= 15 is 0 Å². The van der Waals surface area contributed by atoms with Crippen molar-refractivity contribution in [3.63, 3.8) is 0 Å². The first-order chi connectivity index (χ1) is 7.04. The van der Waals surface area contributed by atoms with E-state index in [1.807, 2.05) is 0 Å². The number of ether oxygens (including phenoxy) is 1. The van der Waals surface area contributed by atoms with E-state index in [1.165, 1.54) is 0 Å². The van der Waals surface area contributed by atoms with Crippen LogP contribution in [-0.4, -0.2) is 13.7 Å². The third-order valence-electron chi connectivity index (χ3n) is 2.11. The molecule has 1 atom stereocenters. The van der Waals surface area contributed by atoms with E-state index in [-0.39, 0.29) is 0 Å². The first-order valence-electron chi connectivity index (χ1n) is 4.67. The molecule has 0 fully saturated rings. The molecule has 4 heteroatoms. The van der Waals surface area contributed by atoms with Crippen molar-refractivity contribution in [2.24, 2.45) is 5.92 Å². The summed E-state index contributed by atoms with van der Waals surface area (Å²) in [7, 11) is 1.68. The lowest BCUT2D eigenvalue weighted by atomic mass is 10.0. The second kappa shape index (κ2) is 5.95. The maximum absolute atomic E-state index is 6.07. The van der Waals surface area contributed by atoms with Crippen molar-refractivity contribution in [2.75, 3.05) is 13.7 Å². The predicted molar refractivity (Wildman–Crippen MR) is 66.2 cm³/mol. The van der Waals surface area contributed by atoms with Crippen molar-refractivity contribution in [1.29, 1.82) is 0 Å². The Kier molecular flexibility index (Phi) is 5.20. The Morgan fingerprint density at radius 3 is 2.20 bits per heavy atom. The summed E-state index contributed by atoms with van der Waals surface area (Å²) in [5.74, 6) is 0.381. The van der Waals surface area contributed by atoms with Gasteiger partial charge in [0.1, 0.15) is 0 Å². The van der Waals surface area contributed by atoms with Gasteiger partial charge >= 0.3 is 0 Å². The summed E-state index contributed by atoms with van der Waals surface area (Å²) in [6.45, 7) is 2.78. The van der Waals surface area contributed by atoms with Crippen LogP contribution in [0.25, 0.3) is 0 Å². The molecule has 84 valence electrons. The summed E-state index contributed by atoms with van der Waals surface area (Å²) in [6.07, 6.45) is 0.794. The molecule has 15 heavy (non-hydrogen) atoms. The number of methoxy groups -OCH3 is 1. The maximum atomic E-state index is 6.07. The zero-order chi connectivity index (χ0) is 11.4. The Hall–Kier alpha value is 0.0500. The average molecular weight is 268 g/mol. The molecule has 0 aromatic heterocycles. The lowest BCUT2D eigenvalue weighted by Gasteiger charge is -2.13. The van der Waals surface area contributed by atoms with E-state index in [0.717, 1.165) is 12.0 Å². The van der Waals surface area contributed by atoms with Crippen LogP contribution in [0, 0.1) is 5.92 Å². The fourth-order valence-electron chi connectivity index (χ4n) is 1.46. The summed E-state index contributed by atoms with van der Waals surface area (Å²) >= 11 is 18.0. The summed E-state index contributed by atoms with van der Waals surface area (Å²) in [4.78, 5) is 0. The van der Waals surface area contributed by atoms with Gasteiger partial charge in [0, 0.05) is 28.8 Å². The molecule has 0 heterocycles. The van der Waals surface area contributed by atoms with Crippen LogP contribution < -0.4 is 0 Å². The molecule has 0 saturated carbocycles. The predicted octanol–water partition coefficient (Wildman–Crippen LogP) is 4.47. The van der Waals surface area contributed by atoms with Crippen LogP contribution in [0.4, 0.5) is 0 Å². The first kappa shape index (κ1) is 13.1. The van der Waals surface area contributed by atoms with Crippen LogP contribution in [0.2, 0.25) is 15.1 Å². The molecule has 0 bridgehead atoms. The van der Waals surface area contributed by atoms with Gasteiger partial charge in [-0.2, -0.15) is 0 Å². The standard InChI is InChI=1S/C11H13Cl3O/c1-7(6-15-2)3-9-10(13)4-8(12)5-11(9)14/h4-5,7H,3,6H2,1-2H3/t7-/m0/s1. The molecule has 1 rings (SSSR count). The van der Waals surface area contributed by atoms with Gasteiger partial charge in [-0.3, -0.25) is 0 Å². The molecule has 0 amide bonds. The zero-order valence-electron chi connectivity index (χ0n) is 8.69. The molecule has 0 aliphatic rings. The molecule has 0 saturated heterocycles. The summed E-state index contributed by atoms with van der Waals surface area (Å²) in [5.41, 5.74) is 0.937. The highest BCUT2D eigenvalue weighted by molar-refractivity contribution is 6.39. The van der Waals surface area contributed by atoms with Gasteiger partial charge in [0.15, 0.2) is 0 Å². The Bertz CT molecular complexity index is 316. The Morgan fingerprint density at radius 1 is 1.20 bits per heavy atom. The third kappa shape index (κ3) is 3.84. The second-order valence-corrected chi connectivity index (χ2v) is 4.86. The lowest BCUT2D eigenvalue weighted by Crippen LogP contribution is -2.07. The highest BCUT2D eigenvalue weighted by Crippen LogP contribution is 2.30. The summed E-state index contributed by atoms with van der Waals surface area (Å²) < 4.78 is 5.07. The molecule has 0 aliphatic carbocycles. The number of hydrogen-bond acceptors (Lipinski definition) is 1. The third-order valence-corrected chi connectivity index (χ3v) is 3.00. The van der Waals surface area contributed by atoms with Crippen LogP contribution in [0.1, 0.15) is 12.5 Å². The van der Waals surface area contributed by atoms with Gasteiger partial charge < -0.3 is 4.74 Å². The molecule has 1 aromatic rings. The Labute approximate surface area is 105 Å². The molecule has 0 spiro atoms. The second-order valence-electron chi connectivity index (χ2n) is 3.61. The fraction of sp³-hybridized carbons (Fsp3) is 0.455. The first-order valence-corrected chi connectivity index (χ1v) is 5.80. The molecule has 0 unspecified atom stereocenters. The number of halogens is 3. The van der Waals surface area contributed by atoms with E-state index in [0.29, 0.717) is 27.6 Å². The van der Waals surface area contributed by atoms with Crippen LogP contribution in [0.5, 0.6) is 0 Å². The van der Waals surface area contributed by atoms with E-state index in [1.54, 1.807) is 19.2 Å². The number of benzene rings is 1. The van der Waals surface area contributed by atoms with Crippen LogP contribution in [0.15, 0.2) is 12.1 Å². The van der Waals surface area contributed by atoms with Gasteiger partial charge in [-0.05, 0) is 30.0 Å². The highest BCUT2D eigenvalue weighted by Gasteiger charge is 2.11. The van der Waals surface area contributed by atoms with E-state index in [2.05, 4.69) is 6.92 Å². The van der Waals surface area contributed by atoms with Gasteiger partial charge in [-0.25, -0.2) is 0 Å². The Morgan fingerprint density at radius 2 is 1.73 bits per heavy atom. The van der Waals surface area contributed by atoms with Crippen molar-refractivity contribution < 1.29 is 4.74 Å². The monoisotopic (exact) mass is 266 g/mol. The fourth-order valence-corrected chi connectivity index (χ4v) is 2.43. The molecule has 0 N–H and O–H groups in total.